The standard InChI is InChI=1S/C21H22O10/c22-8-16-17(26)18(27)19(28)21(31-16)30-15-7-12-13(25)5-11(24)6-14(12)29-20(15)9-1-3-10(23)4-2-9/h1-7,14,16-19,21-28H,8H2/p+1. The summed E-state index contributed by atoms with van der Waals surface area (Å²) >= 11 is 0. The van der Waals surface area contributed by atoms with Gasteiger partial charge in [0.2, 0.25) is 18.2 Å². The number of phenols is 1. The minimum Gasteiger partial charge on any atom is -0.571 e. The summed E-state index contributed by atoms with van der Waals surface area (Å²) in [6.45, 7) is -0.615. The summed E-state index contributed by atoms with van der Waals surface area (Å²) in [6.07, 6.45) is -4.11. The van der Waals surface area contributed by atoms with Crippen molar-refractivity contribution in [2.45, 2.75) is 36.8 Å². The molecule has 4 rings (SSSR count). The number of phenolic OH excluding ortho intramolecular Hbond substituents is 1. The van der Waals surface area contributed by atoms with E-state index >= 15 is 0 Å². The van der Waals surface area contributed by atoms with Crippen LogP contribution in [0.15, 0.2) is 65.3 Å². The highest BCUT2D eigenvalue weighted by Gasteiger charge is 2.46. The second-order valence-electron chi connectivity index (χ2n) is 7.37. The third-order valence-electron chi connectivity index (χ3n) is 5.25. The zero-order valence-corrected chi connectivity index (χ0v) is 16.1. The van der Waals surface area contributed by atoms with E-state index in [1.54, 1.807) is 12.1 Å². The van der Waals surface area contributed by atoms with Gasteiger partial charge in [0, 0.05) is 12.2 Å². The summed E-state index contributed by atoms with van der Waals surface area (Å²) in [5, 5.41) is 69.3. The Hall–Kier alpha value is -3.02. The maximum atomic E-state index is 10.3. The number of ether oxygens (including phenoxy) is 3. The fraction of sp³-hybridized carbons (Fsp3) is 0.333. The predicted octanol–water partition coefficient (Wildman–Crippen LogP) is -0.389. The summed E-state index contributed by atoms with van der Waals surface area (Å²) in [6, 6.07) is 6.03. The van der Waals surface area contributed by atoms with Gasteiger partial charge in [-0.2, -0.15) is 0 Å². The molecule has 0 aromatic heterocycles. The fourth-order valence-electron chi connectivity index (χ4n) is 3.57. The second kappa shape index (κ2) is 8.25. The van der Waals surface area contributed by atoms with Crippen molar-refractivity contribution in [3.63, 3.8) is 0 Å². The molecule has 1 aromatic rings. The van der Waals surface area contributed by atoms with Crippen LogP contribution in [0.5, 0.6) is 5.75 Å². The van der Waals surface area contributed by atoms with E-state index < -0.39 is 43.4 Å². The van der Waals surface area contributed by atoms with Crippen LogP contribution < -0.4 is 0 Å². The topological polar surface area (TPSA) is 173 Å². The first kappa shape index (κ1) is 21.2. The zero-order chi connectivity index (χ0) is 22.3. The molecule has 31 heavy (non-hydrogen) atoms. The number of hydrogen-bond acceptors (Lipinski definition) is 9. The SMILES string of the molecule is OCC1OC(OC2=C(c3ccc(O)cc3)[OH+]C3C=C(O)C=C(O)C3=C2)C(O)C(O)C1O. The fourth-order valence-corrected chi connectivity index (χ4v) is 3.57. The predicted molar refractivity (Wildman–Crippen MR) is 105 cm³/mol. The molecule has 1 aliphatic carbocycles. The third kappa shape index (κ3) is 3.99. The number of aliphatic hydroxyl groups excluding tert-OH is 6. The average Bonchev–Trinajstić information content (AvgIpc) is 2.74. The molecule has 0 amide bonds. The van der Waals surface area contributed by atoms with Gasteiger partial charge >= 0.3 is 5.76 Å². The number of rotatable bonds is 4. The molecule has 166 valence electrons. The Kier molecular flexibility index (Phi) is 5.65. The molecule has 8 N–H and O–H groups in total. The Balaban J connectivity index is 1.73. The summed E-state index contributed by atoms with van der Waals surface area (Å²) in [5.41, 5.74) is 0.842. The van der Waals surface area contributed by atoms with Crippen molar-refractivity contribution in [2.75, 3.05) is 6.61 Å². The van der Waals surface area contributed by atoms with Crippen molar-refractivity contribution in [1.29, 1.82) is 0 Å². The van der Waals surface area contributed by atoms with Crippen LogP contribution in [0.2, 0.25) is 0 Å². The van der Waals surface area contributed by atoms with Crippen molar-refractivity contribution < 1.29 is 50.0 Å². The third-order valence-corrected chi connectivity index (χ3v) is 5.25. The normalized spacial score (nSPS) is 33.0. The lowest BCUT2D eigenvalue weighted by molar-refractivity contribution is -0.290. The summed E-state index contributed by atoms with van der Waals surface area (Å²) < 4.78 is 15.7. The smallest absolute Gasteiger partial charge is 0.305 e. The van der Waals surface area contributed by atoms with Crippen molar-refractivity contribution in [2.24, 2.45) is 0 Å². The molecule has 10 nitrogen and oxygen atoms in total. The van der Waals surface area contributed by atoms with E-state index in [4.69, 9.17) is 9.47 Å². The Morgan fingerprint density at radius 3 is 2.32 bits per heavy atom. The highest BCUT2D eigenvalue weighted by molar-refractivity contribution is 5.67. The number of fused-ring (bicyclic) bond motifs is 1. The molecule has 1 aromatic carbocycles. The maximum Gasteiger partial charge on any atom is 0.305 e. The highest BCUT2D eigenvalue weighted by Crippen LogP contribution is 2.36. The van der Waals surface area contributed by atoms with Gasteiger partial charge in [0.1, 0.15) is 41.7 Å². The van der Waals surface area contributed by atoms with Crippen LogP contribution in [0.3, 0.4) is 0 Å². The average molecular weight is 435 g/mol. The minimum absolute atomic E-state index is 0.0311. The monoisotopic (exact) mass is 435 g/mol. The van der Waals surface area contributed by atoms with Crippen LogP contribution in [0, 0.1) is 0 Å². The van der Waals surface area contributed by atoms with Crippen LogP contribution in [0.25, 0.3) is 5.76 Å². The molecule has 6 unspecified atom stereocenters. The van der Waals surface area contributed by atoms with E-state index in [1.165, 1.54) is 24.3 Å². The first-order chi connectivity index (χ1) is 14.8. The number of aromatic hydroxyl groups is 1. The largest absolute Gasteiger partial charge is 0.571 e. The second-order valence-corrected chi connectivity index (χ2v) is 7.37. The van der Waals surface area contributed by atoms with Gasteiger partial charge in [-0.25, -0.2) is 0 Å². The zero-order valence-electron chi connectivity index (χ0n) is 16.1. The lowest BCUT2D eigenvalue weighted by Crippen LogP contribution is -2.59. The molecule has 2 aliphatic heterocycles. The Morgan fingerprint density at radius 1 is 0.935 bits per heavy atom. The number of benzene rings is 1. The first-order valence-corrected chi connectivity index (χ1v) is 9.53. The molecule has 0 radical (unpaired) electrons. The van der Waals surface area contributed by atoms with Gasteiger partial charge in [-0.15, -0.1) is 0 Å². The van der Waals surface area contributed by atoms with E-state index in [-0.39, 0.29) is 28.8 Å². The minimum atomic E-state index is -1.64. The van der Waals surface area contributed by atoms with Crippen LogP contribution in [0.4, 0.5) is 0 Å². The van der Waals surface area contributed by atoms with Gasteiger partial charge in [0.05, 0.1) is 23.8 Å². The van der Waals surface area contributed by atoms with E-state index in [2.05, 4.69) is 4.74 Å². The number of hydrogen-bond donors (Lipinski definition) is 7. The Morgan fingerprint density at radius 2 is 1.65 bits per heavy atom. The van der Waals surface area contributed by atoms with Gasteiger partial charge in [-0.1, -0.05) is 0 Å². The molecule has 2 heterocycles. The van der Waals surface area contributed by atoms with Crippen molar-refractivity contribution in [3.8, 4) is 5.75 Å². The van der Waals surface area contributed by atoms with E-state index in [9.17, 15) is 35.7 Å². The Bertz CT molecular complexity index is 959. The number of aliphatic hydroxyl groups is 8. The van der Waals surface area contributed by atoms with Crippen molar-refractivity contribution >= 4 is 5.76 Å². The molecular formula is C21H23O10+. The van der Waals surface area contributed by atoms with E-state index in [1.807, 2.05) is 0 Å². The van der Waals surface area contributed by atoms with Crippen LogP contribution in [0.1, 0.15) is 5.56 Å². The van der Waals surface area contributed by atoms with Crippen molar-refractivity contribution in [3.05, 3.63) is 70.9 Å². The van der Waals surface area contributed by atoms with Crippen molar-refractivity contribution in [1.82, 2.24) is 0 Å². The summed E-state index contributed by atoms with van der Waals surface area (Å²) in [4.78, 5) is 0. The Labute approximate surface area is 176 Å². The quantitative estimate of drug-likeness (QED) is 0.311. The molecule has 0 spiro atoms. The molecule has 3 aliphatic rings. The summed E-state index contributed by atoms with van der Waals surface area (Å²) in [5.74, 6) is -0.0239. The van der Waals surface area contributed by atoms with Gasteiger partial charge in [-0.3, -0.25) is 0 Å². The molecule has 0 saturated carbocycles. The molecular weight excluding hydrogens is 412 g/mol. The molecule has 6 atom stereocenters. The lowest BCUT2D eigenvalue weighted by Gasteiger charge is -2.40. The van der Waals surface area contributed by atoms with Crippen LogP contribution in [-0.2, 0) is 9.47 Å². The number of allylic oxidation sites excluding steroid dienone is 2. The van der Waals surface area contributed by atoms with Gasteiger partial charge < -0.3 is 50.0 Å². The highest BCUT2D eigenvalue weighted by atomic mass is 16.7. The van der Waals surface area contributed by atoms with Crippen LogP contribution >= 0.6 is 0 Å². The molecule has 1 saturated heterocycles. The van der Waals surface area contributed by atoms with E-state index in [0.29, 0.717) is 11.1 Å². The summed E-state index contributed by atoms with van der Waals surface area (Å²) in [7, 11) is 0. The lowest BCUT2D eigenvalue weighted by atomic mass is 9.97. The first-order valence-electron chi connectivity index (χ1n) is 9.53. The van der Waals surface area contributed by atoms with Crippen LogP contribution in [-0.4, -0.2) is 83.9 Å². The maximum absolute atomic E-state index is 10.3. The van der Waals surface area contributed by atoms with Gasteiger partial charge in [-0.05, 0) is 24.3 Å². The molecule has 0 bridgehead atoms. The van der Waals surface area contributed by atoms with Gasteiger partial charge in [0.15, 0.2) is 0 Å². The van der Waals surface area contributed by atoms with Gasteiger partial charge in [0.25, 0.3) is 0 Å². The van der Waals surface area contributed by atoms with E-state index in [0.717, 1.165) is 6.08 Å². The molecule has 10 heteroatoms. The molecule has 1 fully saturated rings.